The van der Waals surface area contributed by atoms with Gasteiger partial charge in [-0.05, 0) is 74.9 Å². The second-order valence-electron chi connectivity index (χ2n) is 9.28. The second-order valence-corrected chi connectivity index (χ2v) is 9.28. The topological polar surface area (TPSA) is 79.3 Å². The van der Waals surface area contributed by atoms with Crippen LogP contribution in [-0.4, -0.2) is 43.6 Å². The van der Waals surface area contributed by atoms with Gasteiger partial charge in [-0.25, -0.2) is 0 Å². The molecule has 0 bridgehead atoms. The summed E-state index contributed by atoms with van der Waals surface area (Å²) in [5.41, 5.74) is 2.64. The fourth-order valence-electron chi connectivity index (χ4n) is 4.38. The molecule has 3 aromatic rings. The van der Waals surface area contributed by atoms with E-state index in [0.717, 1.165) is 5.69 Å². The predicted octanol–water partition coefficient (Wildman–Crippen LogP) is 5.56. The number of carbonyl (C=O) groups excluding carboxylic acids is 2. The fourth-order valence-corrected chi connectivity index (χ4v) is 4.38. The molecule has 4 rings (SSSR count). The van der Waals surface area contributed by atoms with Crippen molar-refractivity contribution in [3.05, 3.63) is 89.5 Å². The number of benzene rings is 3. The van der Waals surface area contributed by atoms with E-state index in [1.165, 1.54) is 4.90 Å². The largest absolute Gasteiger partial charge is 0.507 e. The third-order valence-corrected chi connectivity index (χ3v) is 6.08. The first-order valence-corrected chi connectivity index (χ1v) is 12.3. The van der Waals surface area contributed by atoms with Crippen LogP contribution in [0.15, 0.2) is 78.4 Å². The lowest BCUT2D eigenvalue weighted by Gasteiger charge is -2.26. The number of hydrogen-bond acceptors (Lipinski definition) is 6. The van der Waals surface area contributed by atoms with Crippen molar-refractivity contribution in [3.8, 4) is 11.5 Å². The number of carbonyl (C=O) groups is 2. The molecular weight excluding hydrogens is 468 g/mol. The maximum atomic E-state index is 13.4. The van der Waals surface area contributed by atoms with E-state index in [0.29, 0.717) is 34.9 Å². The Morgan fingerprint density at radius 3 is 2.24 bits per heavy atom. The summed E-state index contributed by atoms with van der Waals surface area (Å²) < 4.78 is 11.3. The van der Waals surface area contributed by atoms with Gasteiger partial charge in [-0.15, -0.1) is 0 Å². The van der Waals surface area contributed by atoms with Crippen molar-refractivity contribution < 1.29 is 24.2 Å². The molecule has 192 valence electrons. The third kappa shape index (κ3) is 5.31. The zero-order chi connectivity index (χ0) is 26.7. The van der Waals surface area contributed by atoms with Gasteiger partial charge in [-0.1, -0.05) is 18.2 Å². The van der Waals surface area contributed by atoms with Gasteiger partial charge >= 0.3 is 0 Å². The van der Waals surface area contributed by atoms with Gasteiger partial charge in [-0.3, -0.25) is 14.5 Å². The van der Waals surface area contributed by atoms with E-state index >= 15 is 0 Å². The number of aliphatic hydroxyl groups excluding tert-OH is 1. The number of rotatable bonds is 8. The lowest BCUT2D eigenvalue weighted by molar-refractivity contribution is -0.132. The molecule has 1 heterocycles. The zero-order valence-corrected chi connectivity index (χ0v) is 21.8. The van der Waals surface area contributed by atoms with Crippen LogP contribution in [0.3, 0.4) is 0 Å². The molecule has 0 spiro atoms. The van der Waals surface area contributed by atoms with Crippen LogP contribution >= 0.6 is 0 Å². The Kier molecular flexibility index (Phi) is 7.53. The molecule has 1 aliphatic heterocycles. The number of nitrogens with zero attached hydrogens (tertiary/aromatic N) is 2. The van der Waals surface area contributed by atoms with Crippen LogP contribution in [0.4, 0.5) is 11.4 Å². The lowest BCUT2D eigenvalue weighted by atomic mass is 9.95. The average Bonchev–Trinajstić information content (AvgIpc) is 3.14. The first-order valence-electron chi connectivity index (χ1n) is 12.3. The van der Waals surface area contributed by atoms with Gasteiger partial charge in [0.15, 0.2) is 0 Å². The minimum Gasteiger partial charge on any atom is -0.507 e. The summed E-state index contributed by atoms with van der Waals surface area (Å²) >= 11 is 0. The smallest absolute Gasteiger partial charge is 0.300 e. The van der Waals surface area contributed by atoms with Crippen LogP contribution in [0.5, 0.6) is 11.5 Å². The monoisotopic (exact) mass is 500 g/mol. The molecule has 1 amide bonds. The standard InChI is InChI=1S/C30H32N2O5/c1-6-36-25-9-7-8-23(18-25)32-27(20-10-14-22(15-11-20)31(4)5)26(29(34)30(32)35)28(33)21-12-16-24(17-13-21)37-19(2)3/h7-19,27,33H,6H2,1-5H3/b28-26+. The first-order chi connectivity index (χ1) is 17.7. The average molecular weight is 501 g/mol. The van der Waals surface area contributed by atoms with E-state index in [4.69, 9.17) is 9.47 Å². The van der Waals surface area contributed by atoms with Crippen LogP contribution in [0, 0.1) is 0 Å². The van der Waals surface area contributed by atoms with Crippen LogP contribution < -0.4 is 19.3 Å². The normalized spacial score (nSPS) is 16.8. The number of ether oxygens (including phenoxy) is 2. The van der Waals surface area contributed by atoms with Crippen LogP contribution in [0.25, 0.3) is 5.76 Å². The highest BCUT2D eigenvalue weighted by molar-refractivity contribution is 6.51. The number of ketones is 1. The predicted molar refractivity (Wildman–Crippen MR) is 145 cm³/mol. The van der Waals surface area contributed by atoms with E-state index in [1.807, 2.05) is 64.0 Å². The van der Waals surface area contributed by atoms with Crippen molar-refractivity contribution in [2.75, 3.05) is 30.5 Å². The van der Waals surface area contributed by atoms with Crippen molar-refractivity contribution in [1.29, 1.82) is 0 Å². The molecule has 1 unspecified atom stereocenters. The van der Waals surface area contributed by atoms with Crippen molar-refractivity contribution in [1.82, 2.24) is 0 Å². The maximum Gasteiger partial charge on any atom is 0.300 e. The Balaban J connectivity index is 1.86. The van der Waals surface area contributed by atoms with Crippen LogP contribution in [-0.2, 0) is 9.59 Å². The van der Waals surface area contributed by atoms with Gasteiger partial charge in [0, 0.05) is 37.1 Å². The Hall–Kier alpha value is -4.26. The first kappa shape index (κ1) is 25.8. The van der Waals surface area contributed by atoms with Gasteiger partial charge in [0.1, 0.15) is 17.3 Å². The number of Topliss-reactive ketones (excluding diaryl/α,β-unsaturated/α-hetero) is 1. The maximum absolute atomic E-state index is 13.4. The zero-order valence-electron chi connectivity index (χ0n) is 21.8. The van der Waals surface area contributed by atoms with Crippen molar-refractivity contribution in [3.63, 3.8) is 0 Å². The number of hydrogen-bond donors (Lipinski definition) is 1. The van der Waals surface area contributed by atoms with Gasteiger partial charge in [0.25, 0.3) is 11.7 Å². The third-order valence-electron chi connectivity index (χ3n) is 6.08. The Morgan fingerprint density at radius 1 is 0.973 bits per heavy atom. The summed E-state index contributed by atoms with van der Waals surface area (Å²) in [5.74, 6) is -0.459. The summed E-state index contributed by atoms with van der Waals surface area (Å²) in [6.45, 7) is 6.20. The molecule has 1 aliphatic rings. The van der Waals surface area contributed by atoms with Gasteiger partial charge in [-0.2, -0.15) is 0 Å². The quantitative estimate of drug-likeness (QED) is 0.248. The molecular formula is C30H32N2O5. The molecule has 0 aromatic heterocycles. The number of anilines is 2. The van der Waals surface area contributed by atoms with Crippen molar-refractivity contribution in [2.24, 2.45) is 0 Å². The molecule has 7 nitrogen and oxygen atoms in total. The molecule has 37 heavy (non-hydrogen) atoms. The van der Waals surface area contributed by atoms with E-state index < -0.39 is 17.7 Å². The summed E-state index contributed by atoms with van der Waals surface area (Å²) in [5, 5.41) is 11.4. The highest BCUT2D eigenvalue weighted by Gasteiger charge is 2.47. The van der Waals surface area contributed by atoms with Gasteiger partial charge in [0.2, 0.25) is 0 Å². The number of amides is 1. The summed E-state index contributed by atoms with van der Waals surface area (Å²) in [6, 6.07) is 20.7. The lowest BCUT2D eigenvalue weighted by Crippen LogP contribution is -2.29. The summed E-state index contributed by atoms with van der Waals surface area (Å²) in [4.78, 5) is 30.2. The highest BCUT2D eigenvalue weighted by atomic mass is 16.5. The van der Waals surface area contributed by atoms with Crippen LogP contribution in [0.1, 0.15) is 37.9 Å². The summed E-state index contributed by atoms with van der Waals surface area (Å²) in [6.07, 6.45) is 0.00219. The molecule has 3 aromatic carbocycles. The Morgan fingerprint density at radius 2 is 1.65 bits per heavy atom. The molecule has 7 heteroatoms. The minimum absolute atomic E-state index is 0.00219. The SMILES string of the molecule is CCOc1cccc(N2C(=O)C(=O)/C(=C(/O)c3ccc(OC(C)C)cc3)C2c2ccc(N(C)C)cc2)c1. The van der Waals surface area contributed by atoms with E-state index in [1.54, 1.807) is 48.5 Å². The highest BCUT2D eigenvalue weighted by Crippen LogP contribution is 2.43. The van der Waals surface area contributed by atoms with Crippen molar-refractivity contribution >= 4 is 28.8 Å². The van der Waals surface area contributed by atoms with E-state index in [2.05, 4.69) is 0 Å². The molecule has 1 saturated heterocycles. The molecule has 1 atom stereocenters. The van der Waals surface area contributed by atoms with E-state index in [9.17, 15) is 14.7 Å². The Bertz CT molecular complexity index is 1310. The Labute approximate surface area is 217 Å². The second kappa shape index (κ2) is 10.8. The summed E-state index contributed by atoms with van der Waals surface area (Å²) in [7, 11) is 3.87. The van der Waals surface area contributed by atoms with E-state index in [-0.39, 0.29) is 17.4 Å². The molecule has 0 radical (unpaired) electrons. The van der Waals surface area contributed by atoms with Crippen LogP contribution in [0.2, 0.25) is 0 Å². The molecule has 1 fully saturated rings. The van der Waals surface area contributed by atoms with Gasteiger partial charge < -0.3 is 19.5 Å². The minimum atomic E-state index is -0.820. The fraction of sp³-hybridized carbons (Fsp3) is 0.267. The molecule has 1 N–H and O–H groups in total. The van der Waals surface area contributed by atoms with Gasteiger partial charge in [0.05, 0.1) is 24.3 Å². The number of aliphatic hydroxyl groups is 1. The molecule has 0 aliphatic carbocycles. The van der Waals surface area contributed by atoms with Crippen molar-refractivity contribution in [2.45, 2.75) is 32.9 Å². The molecule has 0 saturated carbocycles.